The van der Waals surface area contributed by atoms with Crippen LogP contribution in [0.2, 0.25) is 0 Å². The average Bonchev–Trinajstić information content (AvgIpc) is 1.87. The smallest absolute Gasteiger partial charge is 0.102 e. The van der Waals surface area contributed by atoms with Gasteiger partial charge >= 0.3 is 0 Å². The Morgan fingerprint density at radius 2 is 1.82 bits per heavy atom. The molecule has 0 saturated heterocycles. The van der Waals surface area contributed by atoms with Crippen LogP contribution in [0.15, 0.2) is 25.3 Å². The van der Waals surface area contributed by atoms with Crippen LogP contribution in [0.4, 0.5) is 0 Å². The van der Waals surface area contributed by atoms with Gasteiger partial charge in [0, 0.05) is 6.04 Å². The van der Waals surface area contributed by atoms with Crippen LogP contribution in [0, 0.1) is 0 Å². The molecule has 0 spiro atoms. The van der Waals surface area contributed by atoms with Crippen molar-refractivity contribution in [2.24, 2.45) is 0 Å². The fraction of sp³-hybridized carbons (Fsp3) is 0.556. The zero-order valence-corrected chi connectivity index (χ0v) is 7.09. The van der Waals surface area contributed by atoms with E-state index in [1.54, 1.807) is 6.92 Å². The summed E-state index contributed by atoms with van der Waals surface area (Å²) < 4.78 is 0. The van der Waals surface area contributed by atoms with Crippen molar-refractivity contribution in [2.75, 3.05) is 0 Å². The standard InChI is InChI=1S/C9H17NO/c1-4-6-9(7-5-2)10-8(3)11/h4-5,8-11H,1-2,6-7H2,3H3. The van der Waals surface area contributed by atoms with Crippen molar-refractivity contribution < 1.29 is 5.11 Å². The number of nitrogens with one attached hydrogen (secondary N) is 1. The summed E-state index contributed by atoms with van der Waals surface area (Å²) in [5, 5.41) is 12.0. The van der Waals surface area contributed by atoms with E-state index in [0.717, 1.165) is 12.8 Å². The molecule has 0 bridgehead atoms. The highest BCUT2D eigenvalue weighted by atomic mass is 16.3. The Balaban J connectivity index is 3.67. The number of hydrogen-bond donors (Lipinski definition) is 2. The van der Waals surface area contributed by atoms with Crippen LogP contribution in [-0.4, -0.2) is 17.4 Å². The molecule has 2 N–H and O–H groups in total. The van der Waals surface area contributed by atoms with E-state index < -0.39 is 6.23 Å². The lowest BCUT2D eigenvalue weighted by atomic mass is 10.1. The molecule has 0 aromatic rings. The first kappa shape index (κ1) is 10.4. The normalized spacial score (nSPS) is 13.0. The summed E-state index contributed by atoms with van der Waals surface area (Å²) in [4.78, 5) is 0. The maximum atomic E-state index is 9.00. The fourth-order valence-corrected chi connectivity index (χ4v) is 0.976. The van der Waals surface area contributed by atoms with Crippen molar-refractivity contribution in [3.63, 3.8) is 0 Å². The predicted molar refractivity (Wildman–Crippen MR) is 48.2 cm³/mol. The van der Waals surface area contributed by atoms with Gasteiger partial charge in [0.05, 0.1) is 0 Å². The molecule has 0 amide bonds. The molecule has 0 aliphatic carbocycles. The minimum absolute atomic E-state index is 0.269. The van der Waals surface area contributed by atoms with Gasteiger partial charge in [-0.2, -0.15) is 0 Å². The molecule has 0 aromatic heterocycles. The predicted octanol–water partition coefficient (Wildman–Crippen LogP) is 1.44. The molecular weight excluding hydrogens is 138 g/mol. The SMILES string of the molecule is C=CCC(CC=C)NC(C)O. The summed E-state index contributed by atoms with van der Waals surface area (Å²) in [6.45, 7) is 8.98. The fourth-order valence-electron chi connectivity index (χ4n) is 0.976. The van der Waals surface area contributed by atoms with E-state index in [0.29, 0.717) is 0 Å². The molecule has 11 heavy (non-hydrogen) atoms. The van der Waals surface area contributed by atoms with Gasteiger partial charge in [-0.1, -0.05) is 12.2 Å². The zero-order valence-electron chi connectivity index (χ0n) is 7.09. The Morgan fingerprint density at radius 1 is 1.36 bits per heavy atom. The van der Waals surface area contributed by atoms with Crippen molar-refractivity contribution in [1.29, 1.82) is 0 Å². The van der Waals surface area contributed by atoms with Gasteiger partial charge in [0.15, 0.2) is 0 Å². The molecule has 1 unspecified atom stereocenters. The molecule has 0 fully saturated rings. The van der Waals surface area contributed by atoms with Crippen LogP contribution in [0.25, 0.3) is 0 Å². The Labute approximate surface area is 68.6 Å². The number of hydrogen-bond acceptors (Lipinski definition) is 2. The highest BCUT2D eigenvalue weighted by Gasteiger charge is 2.05. The van der Waals surface area contributed by atoms with Crippen LogP contribution in [0.5, 0.6) is 0 Å². The van der Waals surface area contributed by atoms with Gasteiger partial charge in [-0.25, -0.2) is 0 Å². The summed E-state index contributed by atoms with van der Waals surface area (Å²) in [5.41, 5.74) is 0. The van der Waals surface area contributed by atoms with Gasteiger partial charge < -0.3 is 5.11 Å². The summed E-state index contributed by atoms with van der Waals surface area (Å²) in [7, 11) is 0. The average molecular weight is 155 g/mol. The van der Waals surface area contributed by atoms with Crippen molar-refractivity contribution in [1.82, 2.24) is 5.32 Å². The van der Waals surface area contributed by atoms with Crippen LogP contribution in [0.1, 0.15) is 19.8 Å². The largest absolute Gasteiger partial charge is 0.379 e. The minimum Gasteiger partial charge on any atom is -0.379 e. The van der Waals surface area contributed by atoms with Crippen LogP contribution in [0.3, 0.4) is 0 Å². The zero-order chi connectivity index (χ0) is 8.69. The van der Waals surface area contributed by atoms with Crippen molar-refractivity contribution in [2.45, 2.75) is 32.0 Å². The van der Waals surface area contributed by atoms with Gasteiger partial charge in [0.2, 0.25) is 0 Å². The molecule has 0 aliphatic heterocycles. The Bertz CT molecular complexity index is 111. The third-order valence-electron chi connectivity index (χ3n) is 1.38. The van der Waals surface area contributed by atoms with Crippen molar-refractivity contribution in [3.8, 4) is 0 Å². The summed E-state index contributed by atoms with van der Waals surface area (Å²) in [5.74, 6) is 0. The topological polar surface area (TPSA) is 32.3 Å². The molecular formula is C9H17NO. The number of aliphatic hydroxyl groups excluding tert-OH is 1. The highest BCUT2D eigenvalue weighted by molar-refractivity contribution is 4.84. The third kappa shape index (κ3) is 5.83. The molecule has 0 saturated carbocycles. The van der Waals surface area contributed by atoms with Crippen LogP contribution >= 0.6 is 0 Å². The number of rotatable bonds is 6. The molecule has 64 valence electrons. The van der Waals surface area contributed by atoms with E-state index >= 15 is 0 Å². The van der Waals surface area contributed by atoms with E-state index in [2.05, 4.69) is 18.5 Å². The Hall–Kier alpha value is -0.600. The van der Waals surface area contributed by atoms with Gasteiger partial charge in [-0.05, 0) is 19.8 Å². The van der Waals surface area contributed by atoms with Gasteiger partial charge in [0.25, 0.3) is 0 Å². The maximum absolute atomic E-state index is 9.00. The second-order valence-corrected chi connectivity index (χ2v) is 2.59. The maximum Gasteiger partial charge on any atom is 0.102 e. The number of aliphatic hydroxyl groups is 1. The molecule has 0 radical (unpaired) electrons. The van der Waals surface area contributed by atoms with Gasteiger partial charge in [-0.15, -0.1) is 13.2 Å². The molecule has 1 atom stereocenters. The lowest BCUT2D eigenvalue weighted by Gasteiger charge is -2.16. The van der Waals surface area contributed by atoms with E-state index in [1.807, 2.05) is 12.2 Å². The van der Waals surface area contributed by atoms with Crippen molar-refractivity contribution >= 4 is 0 Å². The summed E-state index contributed by atoms with van der Waals surface area (Å²) >= 11 is 0. The highest BCUT2D eigenvalue weighted by Crippen LogP contribution is 1.99. The molecule has 0 heterocycles. The van der Waals surface area contributed by atoms with E-state index in [1.165, 1.54) is 0 Å². The molecule has 0 rings (SSSR count). The first-order valence-electron chi connectivity index (χ1n) is 3.86. The quantitative estimate of drug-likeness (QED) is 0.449. The summed E-state index contributed by atoms with van der Waals surface area (Å²) in [6, 6.07) is 0.269. The monoisotopic (exact) mass is 155 g/mol. The molecule has 2 nitrogen and oxygen atoms in total. The minimum atomic E-state index is -0.458. The Morgan fingerprint density at radius 3 is 2.09 bits per heavy atom. The lowest BCUT2D eigenvalue weighted by molar-refractivity contribution is 0.141. The first-order chi connectivity index (χ1) is 5.20. The van der Waals surface area contributed by atoms with E-state index in [-0.39, 0.29) is 6.04 Å². The summed E-state index contributed by atoms with van der Waals surface area (Å²) in [6.07, 6.45) is 4.93. The third-order valence-corrected chi connectivity index (χ3v) is 1.38. The van der Waals surface area contributed by atoms with Crippen LogP contribution < -0.4 is 5.32 Å². The molecule has 0 aromatic carbocycles. The van der Waals surface area contributed by atoms with E-state index in [4.69, 9.17) is 5.11 Å². The van der Waals surface area contributed by atoms with Gasteiger partial charge in [-0.3, -0.25) is 5.32 Å². The van der Waals surface area contributed by atoms with Crippen molar-refractivity contribution in [3.05, 3.63) is 25.3 Å². The Kier molecular flexibility index (Phi) is 5.80. The molecule has 2 heteroatoms. The lowest BCUT2D eigenvalue weighted by Crippen LogP contribution is -2.35. The second-order valence-electron chi connectivity index (χ2n) is 2.59. The van der Waals surface area contributed by atoms with Gasteiger partial charge in [0.1, 0.15) is 6.23 Å². The second kappa shape index (κ2) is 6.13. The molecule has 0 aliphatic rings. The van der Waals surface area contributed by atoms with Crippen LogP contribution in [-0.2, 0) is 0 Å². The first-order valence-corrected chi connectivity index (χ1v) is 3.86. The van der Waals surface area contributed by atoms with E-state index in [9.17, 15) is 0 Å².